The number of rotatable bonds is 8. The average Bonchev–Trinajstić information content (AvgIpc) is 2.80. The van der Waals surface area contributed by atoms with Crippen molar-refractivity contribution in [3.63, 3.8) is 0 Å². The Morgan fingerprint density at radius 2 is 1.74 bits per heavy atom. The standard InChI is InChI=1S/C28H34N2O4/c1-18-3-6-22(7-4-18)27-11-20-9-21(12-27)14-28(13-20,17-27)26(32)30-15-19-5-8-23(24(10-19)33-2)34-16-25(29)31/h3-8,10,20-21H,9,11-17H2,1-2H3,(H2,29,31)(H,30,32). The third-order valence-electron chi connectivity index (χ3n) is 8.26. The molecule has 4 aliphatic carbocycles. The van der Waals surface area contributed by atoms with Crippen LogP contribution in [0, 0.1) is 24.2 Å². The fourth-order valence-corrected chi connectivity index (χ4v) is 7.23. The molecule has 6 heteroatoms. The summed E-state index contributed by atoms with van der Waals surface area (Å²) in [6, 6.07) is 14.5. The lowest BCUT2D eigenvalue weighted by molar-refractivity contribution is -0.149. The number of carbonyl (C=O) groups is 2. The molecule has 0 spiro atoms. The third kappa shape index (κ3) is 4.15. The van der Waals surface area contributed by atoms with Crippen molar-refractivity contribution in [3.8, 4) is 11.5 Å². The zero-order chi connectivity index (χ0) is 23.9. The number of carbonyl (C=O) groups excluding carboxylic acids is 2. The molecule has 2 aromatic rings. The highest BCUT2D eigenvalue weighted by Crippen LogP contribution is 2.65. The molecule has 6 nitrogen and oxygen atoms in total. The third-order valence-corrected chi connectivity index (χ3v) is 8.26. The summed E-state index contributed by atoms with van der Waals surface area (Å²) in [6.07, 6.45) is 6.66. The van der Waals surface area contributed by atoms with Crippen LogP contribution in [0.1, 0.15) is 55.2 Å². The van der Waals surface area contributed by atoms with E-state index in [1.807, 2.05) is 12.1 Å². The van der Waals surface area contributed by atoms with E-state index in [-0.39, 0.29) is 23.3 Å². The van der Waals surface area contributed by atoms with Crippen LogP contribution in [0.2, 0.25) is 0 Å². The van der Waals surface area contributed by atoms with Gasteiger partial charge in [0.15, 0.2) is 18.1 Å². The van der Waals surface area contributed by atoms with Crippen LogP contribution in [0.25, 0.3) is 0 Å². The van der Waals surface area contributed by atoms with Crippen molar-refractivity contribution in [2.45, 2.75) is 57.4 Å². The highest BCUT2D eigenvalue weighted by molar-refractivity contribution is 5.83. The second-order valence-corrected chi connectivity index (χ2v) is 10.8. The van der Waals surface area contributed by atoms with E-state index in [0.29, 0.717) is 29.9 Å². The van der Waals surface area contributed by atoms with Gasteiger partial charge in [-0.25, -0.2) is 0 Å². The van der Waals surface area contributed by atoms with Gasteiger partial charge in [0.1, 0.15) is 0 Å². The molecule has 4 saturated carbocycles. The molecule has 6 rings (SSSR count). The Balaban J connectivity index is 1.31. The van der Waals surface area contributed by atoms with E-state index in [2.05, 4.69) is 36.5 Å². The summed E-state index contributed by atoms with van der Waals surface area (Å²) in [7, 11) is 1.55. The van der Waals surface area contributed by atoms with Crippen molar-refractivity contribution in [1.82, 2.24) is 5.32 Å². The highest BCUT2D eigenvalue weighted by atomic mass is 16.5. The number of hydrogen-bond acceptors (Lipinski definition) is 4. The number of amides is 2. The average molecular weight is 463 g/mol. The summed E-state index contributed by atoms with van der Waals surface area (Å²) >= 11 is 0. The first kappa shape index (κ1) is 22.8. The van der Waals surface area contributed by atoms with Gasteiger partial charge in [0.05, 0.1) is 12.5 Å². The van der Waals surface area contributed by atoms with Gasteiger partial charge in [0, 0.05) is 6.54 Å². The molecule has 0 heterocycles. The first-order valence-corrected chi connectivity index (χ1v) is 12.2. The maximum Gasteiger partial charge on any atom is 0.255 e. The number of ether oxygens (including phenoxy) is 2. The molecule has 2 unspecified atom stereocenters. The highest BCUT2D eigenvalue weighted by Gasteiger charge is 2.60. The molecule has 34 heavy (non-hydrogen) atoms. The SMILES string of the molecule is COc1cc(CNC(=O)C23CC4CC(C2)CC(c2ccc(C)cc2)(C4)C3)ccc1OCC(N)=O. The number of primary amides is 1. The van der Waals surface area contributed by atoms with Crippen molar-refractivity contribution in [3.05, 3.63) is 59.2 Å². The molecule has 4 bridgehead atoms. The van der Waals surface area contributed by atoms with Crippen molar-refractivity contribution in [2.75, 3.05) is 13.7 Å². The number of aryl methyl sites for hydroxylation is 1. The van der Waals surface area contributed by atoms with Crippen LogP contribution in [0.15, 0.2) is 42.5 Å². The lowest BCUT2D eigenvalue weighted by Crippen LogP contribution is -2.59. The van der Waals surface area contributed by atoms with E-state index < -0.39 is 5.91 Å². The molecule has 0 aliphatic heterocycles. The van der Waals surface area contributed by atoms with Crippen molar-refractivity contribution in [2.24, 2.45) is 23.0 Å². The predicted molar refractivity (Wildman–Crippen MR) is 130 cm³/mol. The van der Waals surface area contributed by atoms with Crippen LogP contribution >= 0.6 is 0 Å². The lowest BCUT2D eigenvalue weighted by atomic mass is 9.42. The van der Waals surface area contributed by atoms with Crippen LogP contribution in [-0.4, -0.2) is 25.5 Å². The van der Waals surface area contributed by atoms with Crippen LogP contribution in [0.5, 0.6) is 11.5 Å². The molecule has 2 amide bonds. The predicted octanol–water partition coefficient (Wildman–Crippen LogP) is 4.02. The number of benzene rings is 2. The number of nitrogens with two attached hydrogens (primary N) is 1. The van der Waals surface area contributed by atoms with Crippen molar-refractivity contribution in [1.29, 1.82) is 0 Å². The van der Waals surface area contributed by atoms with Gasteiger partial charge in [-0.05, 0) is 86.0 Å². The molecule has 0 radical (unpaired) electrons. The van der Waals surface area contributed by atoms with Gasteiger partial charge in [-0.1, -0.05) is 35.9 Å². The molecular weight excluding hydrogens is 428 g/mol. The molecule has 2 aromatic carbocycles. The summed E-state index contributed by atoms with van der Waals surface area (Å²) < 4.78 is 10.8. The van der Waals surface area contributed by atoms with E-state index in [0.717, 1.165) is 24.8 Å². The Bertz CT molecular complexity index is 1080. The zero-order valence-electron chi connectivity index (χ0n) is 20.1. The second kappa shape index (κ2) is 8.64. The quantitative estimate of drug-likeness (QED) is 0.620. The van der Waals surface area contributed by atoms with Gasteiger partial charge in [-0.3, -0.25) is 9.59 Å². The molecule has 4 aliphatic rings. The number of nitrogens with one attached hydrogen (secondary N) is 1. The summed E-state index contributed by atoms with van der Waals surface area (Å²) in [6.45, 7) is 2.35. The Morgan fingerprint density at radius 1 is 1.03 bits per heavy atom. The summed E-state index contributed by atoms with van der Waals surface area (Å²) in [4.78, 5) is 24.7. The van der Waals surface area contributed by atoms with Crippen molar-refractivity contribution >= 4 is 11.8 Å². The van der Waals surface area contributed by atoms with Gasteiger partial charge in [-0.15, -0.1) is 0 Å². The van der Waals surface area contributed by atoms with Crippen molar-refractivity contribution < 1.29 is 19.1 Å². The van der Waals surface area contributed by atoms with E-state index in [1.165, 1.54) is 30.4 Å². The molecule has 3 N–H and O–H groups in total. The number of methoxy groups -OCH3 is 1. The van der Waals surface area contributed by atoms with Gasteiger partial charge in [-0.2, -0.15) is 0 Å². The maximum absolute atomic E-state index is 13.7. The largest absolute Gasteiger partial charge is 0.493 e. The fraction of sp³-hybridized carbons (Fsp3) is 0.500. The Labute approximate surface area is 201 Å². The topological polar surface area (TPSA) is 90.7 Å². The first-order valence-electron chi connectivity index (χ1n) is 12.2. The monoisotopic (exact) mass is 462 g/mol. The van der Waals surface area contributed by atoms with Crippen LogP contribution < -0.4 is 20.5 Å². The van der Waals surface area contributed by atoms with Gasteiger partial charge in [0.2, 0.25) is 5.91 Å². The summed E-state index contributed by atoms with van der Waals surface area (Å²) in [5.74, 6) is 1.88. The van der Waals surface area contributed by atoms with Crippen LogP contribution in [0.3, 0.4) is 0 Å². The summed E-state index contributed by atoms with van der Waals surface area (Å²) in [5, 5.41) is 3.25. The van der Waals surface area contributed by atoms with E-state index in [9.17, 15) is 9.59 Å². The Morgan fingerprint density at radius 3 is 2.38 bits per heavy atom. The molecule has 180 valence electrons. The minimum absolute atomic E-state index is 0.137. The second-order valence-electron chi connectivity index (χ2n) is 10.8. The van der Waals surface area contributed by atoms with E-state index in [1.54, 1.807) is 13.2 Å². The maximum atomic E-state index is 13.7. The van der Waals surface area contributed by atoms with Crippen LogP contribution in [-0.2, 0) is 21.5 Å². The molecule has 0 aromatic heterocycles. The minimum atomic E-state index is -0.544. The van der Waals surface area contributed by atoms with E-state index in [4.69, 9.17) is 15.2 Å². The fourth-order valence-electron chi connectivity index (χ4n) is 7.23. The zero-order valence-corrected chi connectivity index (χ0v) is 20.1. The van der Waals surface area contributed by atoms with Gasteiger partial charge < -0.3 is 20.5 Å². The first-order chi connectivity index (χ1) is 16.3. The Hall–Kier alpha value is -3.02. The molecule has 2 atom stereocenters. The van der Waals surface area contributed by atoms with E-state index >= 15 is 0 Å². The Kier molecular flexibility index (Phi) is 5.78. The number of hydrogen-bond donors (Lipinski definition) is 2. The van der Waals surface area contributed by atoms with Gasteiger partial charge in [0.25, 0.3) is 5.91 Å². The minimum Gasteiger partial charge on any atom is -0.493 e. The summed E-state index contributed by atoms with van der Waals surface area (Å²) in [5.41, 5.74) is 8.65. The van der Waals surface area contributed by atoms with Crippen LogP contribution in [0.4, 0.5) is 0 Å². The molecular formula is C28H34N2O4. The lowest BCUT2D eigenvalue weighted by Gasteiger charge is -2.61. The molecule has 0 saturated heterocycles. The normalized spacial score (nSPS) is 29.0. The van der Waals surface area contributed by atoms with Gasteiger partial charge >= 0.3 is 0 Å². The molecule has 4 fully saturated rings. The smallest absolute Gasteiger partial charge is 0.255 e.